The number of nitrogens with one attached hydrogen (secondary N) is 2. The molecule has 0 spiro atoms. The molecule has 114 valence electrons. The van der Waals surface area contributed by atoms with Crippen LogP contribution in [0.4, 0.5) is 5.13 Å². The van der Waals surface area contributed by atoms with Crippen molar-refractivity contribution in [1.82, 2.24) is 15.2 Å². The van der Waals surface area contributed by atoms with Gasteiger partial charge in [-0.3, -0.25) is 9.59 Å². The van der Waals surface area contributed by atoms with Crippen LogP contribution in [0.2, 0.25) is 5.02 Å². The van der Waals surface area contributed by atoms with Gasteiger partial charge in [-0.15, -0.1) is 0 Å². The number of fused-ring (bicyclic) bond motifs is 2. The van der Waals surface area contributed by atoms with Crippen LogP contribution in [0.1, 0.15) is 6.42 Å². The van der Waals surface area contributed by atoms with E-state index in [4.69, 9.17) is 11.6 Å². The first-order chi connectivity index (χ1) is 10.6. The number of nitrogens with zero attached hydrogens (tertiary/aromatic N) is 2. The molecule has 0 saturated carbocycles. The summed E-state index contributed by atoms with van der Waals surface area (Å²) in [5.74, 6) is -0.0926. The number of halogens is 1. The molecule has 0 unspecified atom stereocenters. The highest BCUT2D eigenvalue weighted by molar-refractivity contribution is 7.22. The number of thiazole rings is 1. The van der Waals surface area contributed by atoms with E-state index >= 15 is 0 Å². The van der Waals surface area contributed by atoms with Gasteiger partial charge in [0.15, 0.2) is 5.13 Å². The maximum atomic E-state index is 11.9. The van der Waals surface area contributed by atoms with Crippen LogP contribution in [0.25, 0.3) is 10.2 Å². The fraction of sp³-hybridized carbons (Fsp3) is 0.357. The Morgan fingerprint density at radius 2 is 2.27 bits per heavy atom. The largest absolute Gasteiger partial charge is 0.357 e. The summed E-state index contributed by atoms with van der Waals surface area (Å²) in [6.07, 6.45) is 0.605. The third-order valence-electron chi connectivity index (χ3n) is 4.02. The number of anilines is 1. The summed E-state index contributed by atoms with van der Waals surface area (Å²) in [7, 11) is 0. The lowest BCUT2D eigenvalue weighted by Gasteiger charge is -2.28. The average Bonchev–Trinajstić information content (AvgIpc) is 3.07. The third-order valence-corrected chi connectivity index (χ3v) is 5.20. The molecule has 3 heterocycles. The second-order valence-corrected chi connectivity index (χ2v) is 6.95. The predicted molar refractivity (Wildman–Crippen MR) is 85.2 cm³/mol. The van der Waals surface area contributed by atoms with Gasteiger partial charge < -0.3 is 15.5 Å². The van der Waals surface area contributed by atoms with Gasteiger partial charge in [0.05, 0.1) is 16.8 Å². The van der Waals surface area contributed by atoms with Gasteiger partial charge in [0, 0.05) is 17.6 Å². The Labute approximate surface area is 135 Å². The first kappa shape index (κ1) is 13.8. The minimum atomic E-state index is -0.359. The van der Waals surface area contributed by atoms with Gasteiger partial charge in [0.1, 0.15) is 6.04 Å². The molecule has 2 fully saturated rings. The van der Waals surface area contributed by atoms with Crippen LogP contribution in [0, 0.1) is 0 Å². The summed E-state index contributed by atoms with van der Waals surface area (Å²) in [4.78, 5) is 29.9. The molecule has 8 heteroatoms. The van der Waals surface area contributed by atoms with E-state index in [9.17, 15) is 9.59 Å². The second-order valence-electron chi connectivity index (χ2n) is 5.49. The minimum Gasteiger partial charge on any atom is -0.357 e. The van der Waals surface area contributed by atoms with E-state index < -0.39 is 0 Å². The number of benzene rings is 1. The van der Waals surface area contributed by atoms with Gasteiger partial charge >= 0.3 is 0 Å². The molecule has 4 rings (SSSR count). The van der Waals surface area contributed by atoms with Crippen molar-refractivity contribution in [2.45, 2.75) is 18.5 Å². The smallest absolute Gasteiger partial charge is 0.243 e. The van der Waals surface area contributed by atoms with Crippen LogP contribution in [0.5, 0.6) is 0 Å². The summed E-state index contributed by atoms with van der Waals surface area (Å²) in [6, 6.07) is 5.26. The highest BCUT2D eigenvalue weighted by Gasteiger charge is 2.42. The topological polar surface area (TPSA) is 74.3 Å². The van der Waals surface area contributed by atoms with E-state index in [0.29, 0.717) is 18.0 Å². The molecule has 2 aliphatic heterocycles. The SMILES string of the molecule is O=C1NCC(=O)N2C[C@H](Nc3nc4ccc(Cl)cc4s3)C[C@@H]12. The number of hydrogen-bond donors (Lipinski definition) is 2. The van der Waals surface area contributed by atoms with Crippen LogP contribution in [0.3, 0.4) is 0 Å². The van der Waals surface area contributed by atoms with Crippen molar-refractivity contribution in [3.8, 4) is 0 Å². The molecule has 1 aromatic heterocycles. The van der Waals surface area contributed by atoms with Gasteiger partial charge in [-0.1, -0.05) is 22.9 Å². The highest BCUT2D eigenvalue weighted by Crippen LogP contribution is 2.30. The Kier molecular flexibility index (Phi) is 3.19. The van der Waals surface area contributed by atoms with Crippen molar-refractivity contribution in [3.63, 3.8) is 0 Å². The Bertz CT molecular complexity index is 753. The second kappa shape index (κ2) is 5.10. The number of carbonyl (C=O) groups is 2. The maximum absolute atomic E-state index is 11.9. The molecule has 2 N–H and O–H groups in total. The zero-order valence-corrected chi connectivity index (χ0v) is 13.1. The van der Waals surface area contributed by atoms with Crippen LogP contribution in [-0.2, 0) is 9.59 Å². The van der Waals surface area contributed by atoms with Gasteiger partial charge in [-0.05, 0) is 24.6 Å². The van der Waals surface area contributed by atoms with E-state index in [1.165, 1.54) is 11.3 Å². The lowest BCUT2D eigenvalue weighted by molar-refractivity contribution is -0.143. The van der Waals surface area contributed by atoms with Crippen LogP contribution < -0.4 is 10.6 Å². The summed E-state index contributed by atoms with van der Waals surface area (Å²) in [5.41, 5.74) is 0.890. The lowest BCUT2D eigenvalue weighted by Crippen LogP contribution is -2.55. The molecular weight excluding hydrogens is 324 g/mol. The highest BCUT2D eigenvalue weighted by atomic mass is 35.5. The fourth-order valence-electron chi connectivity index (χ4n) is 2.98. The maximum Gasteiger partial charge on any atom is 0.243 e. The van der Waals surface area contributed by atoms with Gasteiger partial charge in [-0.25, -0.2) is 4.98 Å². The molecule has 0 bridgehead atoms. The Balaban J connectivity index is 1.53. The standard InChI is InChI=1S/C14H13ClN4O2S/c15-7-1-2-9-11(3-7)22-14(18-9)17-8-4-10-13(21)16-5-12(20)19(10)6-8/h1-3,8,10H,4-6H2,(H,16,21)(H,17,18)/t8-,10+/m1/s1. The molecule has 0 radical (unpaired) electrons. The van der Waals surface area contributed by atoms with E-state index in [1.807, 2.05) is 18.2 Å². The fourth-order valence-corrected chi connectivity index (χ4v) is 4.20. The van der Waals surface area contributed by atoms with Gasteiger partial charge in [0.25, 0.3) is 0 Å². The van der Waals surface area contributed by atoms with E-state index in [2.05, 4.69) is 15.6 Å². The minimum absolute atomic E-state index is 0.0232. The lowest BCUT2D eigenvalue weighted by atomic mass is 10.1. The number of aromatic nitrogens is 1. The molecule has 6 nitrogen and oxygen atoms in total. The number of rotatable bonds is 2. The predicted octanol–water partition coefficient (Wildman–Crippen LogP) is 1.46. The van der Waals surface area contributed by atoms with Gasteiger partial charge in [0.2, 0.25) is 11.8 Å². The molecule has 22 heavy (non-hydrogen) atoms. The summed E-state index contributed by atoms with van der Waals surface area (Å²) < 4.78 is 1.01. The van der Waals surface area contributed by atoms with Crippen LogP contribution in [0.15, 0.2) is 18.2 Å². The van der Waals surface area contributed by atoms with Crippen molar-refractivity contribution in [2.75, 3.05) is 18.4 Å². The quantitative estimate of drug-likeness (QED) is 0.870. The van der Waals surface area contributed by atoms with Crippen molar-refractivity contribution >= 4 is 50.1 Å². The molecular formula is C14H13ClN4O2S. The van der Waals surface area contributed by atoms with Crippen molar-refractivity contribution < 1.29 is 9.59 Å². The summed E-state index contributed by atoms with van der Waals surface area (Å²) >= 11 is 7.51. The van der Waals surface area contributed by atoms with Crippen LogP contribution >= 0.6 is 22.9 Å². The molecule has 2 atom stereocenters. The van der Waals surface area contributed by atoms with E-state index in [1.54, 1.807) is 4.90 Å². The normalized spacial score (nSPS) is 24.5. The summed E-state index contributed by atoms with van der Waals surface area (Å²) in [6.45, 7) is 0.634. The Morgan fingerprint density at radius 1 is 1.41 bits per heavy atom. The summed E-state index contributed by atoms with van der Waals surface area (Å²) in [5, 5.41) is 7.44. The van der Waals surface area contributed by atoms with E-state index in [-0.39, 0.29) is 30.4 Å². The number of hydrogen-bond acceptors (Lipinski definition) is 5. The van der Waals surface area contributed by atoms with Gasteiger partial charge in [-0.2, -0.15) is 0 Å². The zero-order valence-electron chi connectivity index (χ0n) is 11.5. The molecule has 0 aliphatic carbocycles. The first-order valence-corrected chi connectivity index (χ1v) is 8.19. The first-order valence-electron chi connectivity index (χ1n) is 7.00. The van der Waals surface area contributed by atoms with Crippen molar-refractivity contribution in [1.29, 1.82) is 0 Å². The number of carbonyl (C=O) groups excluding carboxylic acids is 2. The van der Waals surface area contributed by atoms with Crippen molar-refractivity contribution in [3.05, 3.63) is 23.2 Å². The zero-order chi connectivity index (χ0) is 15.3. The van der Waals surface area contributed by atoms with E-state index in [0.717, 1.165) is 15.3 Å². The number of amides is 2. The Morgan fingerprint density at radius 3 is 3.09 bits per heavy atom. The average molecular weight is 337 g/mol. The third kappa shape index (κ3) is 2.30. The Hall–Kier alpha value is -1.86. The van der Waals surface area contributed by atoms with Crippen molar-refractivity contribution in [2.24, 2.45) is 0 Å². The molecule has 2 aliphatic rings. The molecule has 2 saturated heterocycles. The molecule has 2 amide bonds. The monoisotopic (exact) mass is 336 g/mol. The molecule has 1 aromatic carbocycles. The van der Waals surface area contributed by atoms with Crippen LogP contribution in [-0.4, -0.2) is 46.9 Å². The number of piperazine rings is 1. The molecule has 2 aromatic rings.